The van der Waals surface area contributed by atoms with Crippen molar-refractivity contribution in [3.05, 3.63) is 29.8 Å². The second kappa shape index (κ2) is 9.93. The van der Waals surface area contributed by atoms with Crippen LogP contribution in [0.2, 0.25) is 0 Å². The third-order valence-electron chi connectivity index (χ3n) is 3.83. The Balaban J connectivity index is 2.85. The predicted molar refractivity (Wildman–Crippen MR) is 94.9 cm³/mol. The van der Waals surface area contributed by atoms with Crippen molar-refractivity contribution in [3.63, 3.8) is 0 Å². The Morgan fingerprint density at radius 3 is 2.50 bits per heavy atom. The summed E-state index contributed by atoms with van der Waals surface area (Å²) < 4.78 is 5.68. The molecule has 6 heteroatoms. The van der Waals surface area contributed by atoms with Crippen molar-refractivity contribution in [2.24, 2.45) is 5.92 Å². The molecule has 0 saturated carbocycles. The molecule has 0 aliphatic carbocycles. The summed E-state index contributed by atoms with van der Waals surface area (Å²) in [6.45, 7) is 4.49. The van der Waals surface area contributed by atoms with Gasteiger partial charge in [-0.3, -0.25) is 9.59 Å². The maximum atomic E-state index is 12.3. The van der Waals surface area contributed by atoms with Gasteiger partial charge in [0.15, 0.2) is 6.61 Å². The van der Waals surface area contributed by atoms with E-state index in [0.29, 0.717) is 12.3 Å². The number of likely N-dealkylation sites (N-methyl/N-ethyl adjacent to an activating group) is 1. The van der Waals surface area contributed by atoms with Crippen LogP contribution in [0.5, 0.6) is 5.75 Å². The van der Waals surface area contributed by atoms with Crippen molar-refractivity contribution in [1.29, 1.82) is 0 Å². The lowest BCUT2D eigenvalue weighted by Gasteiger charge is -2.23. The van der Waals surface area contributed by atoms with Crippen molar-refractivity contribution in [3.8, 4) is 5.75 Å². The van der Waals surface area contributed by atoms with E-state index in [1.54, 1.807) is 14.1 Å². The molecule has 0 saturated heterocycles. The molecule has 2 atom stereocenters. The maximum absolute atomic E-state index is 12.3. The zero-order chi connectivity index (χ0) is 18.1. The molecule has 6 nitrogen and oxygen atoms in total. The fraction of sp³-hybridized carbons (Fsp3) is 0.556. The van der Waals surface area contributed by atoms with Gasteiger partial charge >= 0.3 is 0 Å². The Morgan fingerprint density at radius 2 is 1.92 bits per heavy atom. The number of carbonyl (C=O) groups excluding carboxylic acids is 2. The molecule has 2 amide bonds. The summed E-state index contributed by atoms with van der Waals surface area (Å²) in [6, 6.07) is 7.36. The molecule has 0 fully saturated rings. The van der Waals surface area contributed by atoms with Crippen LogP contribution in [0.25, 0.3) is 0 Å². The maximum Gasteiger partial charge on any atom is 0.259 e. The Labute approximate surface area is 144 Å². The number of ether oxygens (including phenoxy) is 1. The SMILES string of the molecule is CCC(NC(=O)C(C)CNC)c1ccccc1OCC(=O)N(C)C. The van der Waals surface area contributed by atoms with E-state index >= 15 is 0 Å². The van der Waals surface area contributed by atoms with Gasteiger partial charge in [0.2, 0.25) is 5.91 Å². The van der Waals surface area contributed by atoms with Gasteiger partial charge in [-0.2, -0.15) is 0 Å². The molecule has 0 heterocycles. The first-order valence-corrected chi connectivity index (χ1v) is 8.27. The summed E-state index contributed by atoms with van der Waals surface area (Å²) in [4.78, 5) is 25.5. The highest BCUT2D eigenvalue weighted by Crippen LogP contribution is 2.27. The van der Waals surface area contributed by atoms with Crippen LogP contribution in [0.15, 0.2) is 24.3 Å². The standard InChI is InChI=1S/C18H29N3O3/c1-6-15(20-18(23)13(2)11-19-3)14-9-7-8-10-16(14)24-12-17(22)21(4)5/h7-10,13,15,19H,6,11-12H2,1-5H3,(H,20,23). The number of para-hydroxylation sites is 1. The quantitative estimate of drug-likeness (QED) is 0.719. The van der Waals surface area contributed by atoms with Gasteiger partial charge in [-0.15, -0.1) is 0 Å². The zero-order valence-electron chi connectivity index (χ0n) is 15.3. The zero-order valence-corrected chi connectivity index (χ0v) is 15.3. The summed E-state index contributed by atoms with van der Waals surface area (Å²) in [5, 5.41) is 6.07. The molecular formula is C18H29N3O3. The van der Waals surface area contributed by atoms with Crippen LogP contribution in [0, 0.1) is 5.92 Å². The number of amides is 2. The topological polar surface area (TPSA) is 70.7 Å². The molecule has 0 aromatic heterocycles. The number of nitrogens with zero attached hydrogens (tertiary/aromatic N) is 1. The largest absolute Gasteiger partial charge is 0.483 e. The Hall–Kier alpha value is -2.08. The van der Waals surface area contributed by atoms with Crippen molar-refractivity contribution in [2.45, 2.75) is 26.3 Å². The molecular weight excluding hydrogens is 306 g/mol. The third-order valence-corrected chi connectivity index (χ3v) is 3.83. The fourth-order valence-corrected chi connectivity index (χ4v) is 2.28. The van der Waals surface area contributed by atoms with E-state index in [2.05, 4.69) is 10.6 Å². The second-order valence-corrected chi connectivity index (χ2v) is 6.04. The van der Waals surface area contributed by atoms with E-state index in [9.17, 15) is 9.59 Å². The lowest BCUT2D eigenvalue weighted by atomic mass is 10.0. The summed E-state index contributed by atoms with van der Waals surface area (Å²) >= 11 is 0. The second-order valence-electron chi connectivity index (χ2n) is 6.04. The first-order valence-electron chi connectivity index (χ1n) is 8.27. The van der Waals surface area contributed by atoms with Gasteiger partial charge in [0.25, 0.3) is 5.91 Å². The monoisotopic (exact) mass is 335 g/mol. The minimum atomic E-state index is -0.150. The molecule has 1 rings (SSSR count). The highest BCUT2D eigenvalue weighted by atomic mass is 16.5. The molecule has 0 bridgehead atoms. The van der Waals surface area contributed by atoms with Crippen LogP contribution in [0.1, 0.15) is 31.9 Å². The molecule has 24 heavy (non-hydrogen) atoms. The molecule has 0 radical (unpaired) electrons. The fourth-order valence-electron chi connectivity index (χ4n) is 2.28. The Bertz CT molecular complexity index is 546. The molecule has 0 spiro atoms. The summed E-state index contributed by atoms with van der Waals surface area (Å²) in [5.41, 5.74) is 0.886. The van der Waals surface area contributed by atoms with Crippen LogP contribution in [-0.4, -0.2) is 51.0 Å². The normalized spacial score (nSPS) is 13.0. The summed E-state index contributed by atoms with van der Waals surface area (Å²) in [6.07, 6.45) is 0.736. The average Bonchev–Trinajstić information content (AvgIpc) is 2.57. The van der Waals surface area contributed by atoms with Crippen LogP contribution in [0.4, 0.5) is 0 Å². The van der Waals surface area contributed by atoms with E-state index in [0.717, 1.165) is 12.0 Å². The van der Waals surface area contributed by atoms with Crippen molar-refractivity contribution >= 4 is 11.8 Å². The van der Waals surface area contributed by atoms with Crippen molar-refractivity contribution in [1.82, 2.24) is 15.5 Å². The smallest absolute Gasteiger partial charge is 0.259 e. The van der Waals surface area contributed by atoms with Gasteiger partial charge < -0.3 is 20.3 Å². The summed E-state index contributed by atoms with van der Waals surface area (Å²) in [7, 11) is 5.21. The molecule has 2 N–H and O–H groups in total. The van der Waals surface area contributed by atoms with Crippen LogP contribution >= 0.6 is 0 Å². The molecule has 0 aliphatic rings. The first-order chi connectivity index (χ1) is 11.4. The van der Waals surface area contributed by atoms with E-state index in [-0.39, 0.29) is 30.4 Å². The summed E-state index contributed by atoms with van der Waals surface area (Å²) in [5.74, 6) is 0.397. The van der Waals surface area contributed by atoms with Crippen molar-refractivity contribution < 1.29 is 14.3 Å². The van der Waals surface area contributed by atoms with Crippen LogP contribution in [0.3, 0.4) is 0 Å². The van der Waals surface area contributed by atoms with Gasteiger partial charge in [0.1, 0.15) is 5.75 Å². The highest BCUT2D eigenvalue weighted by molar-refractivity contribution is 5.79. The number of benzene rings is 1. The van der Waals surface area contributed by atoms with E-state index in [1.165, 1.54) is 4.90 Å². The number of hydrogen-bond donors (Lipinski definition) is 2. The van der Waals surface area contributed by atoms with Gasteiger partial charge in [-0.1, -0.05) is 32.0 Å². The molecule has 0 aliphatic heterocycles. The van der Waals surface area contributed by atoms with E-state index in [1.807, 2.05) is 45.2 Å². The highest BCUT2D eigenvalue weighted by Gasteiger charge is 2.20. The average molecular weight is 335 g/mol. The number of nitrogens with one attached hydrogen (secondary N) is 2. The molecule has 134 valence electrons. The van der Waals surface area contributed by atoms with Crippen LogP contribution in [-0.2, 0) is 9.59 Å². The molecule has 1 aromatic rings. The van der Waals surface area contributed by atoms with E-state index < -0.39 is 0 Å². The Morgan fingerprint density at radius 1 is 1.25 bits per heavy atom. The van der Waals surface area contributed by atoms with Crippen LogP contribution < -0.4 is 15.4 Å². The minimum absolute atomic E-state index is 0.00429. The van der Waals surface area contributed by atoms with Gasteiger partial charge in [0, 0.05) is 32.1 Å². The predicted octanol–water partition coefficient (Wildman–Crippen LogP) is 1.58. The molecule has 1 aromatic carbocycles. The van der Waals surface area contributed by atoms with Gasteiger partial charge in [0.05, 0.1) is 6.04 Å². The number of hydrogen-bond acceptors (Lipinski definition) is 4. The third kappa shape index (κ3) is 5.85. The first kappa shape index (κ1) is 20.0. The lowest BCUT2D eigenvalue weighted by Crippen LogP contribution is -2.36. The minimum Gasteiger partial charge on any atom is -0.483 e. The Kier molecular flexibility index (Phi) is 8.26. The lowest BCUT2D eigenvalue weighted by molar-refractivity contribution is -0.131. The molecule has 2 unspecified atom stereocenters. The number of rotatable bonds is 9. The van der Waals surface area contributed by atoms with Gasteiger partial charge in [-0.05, 0) is 19.5 Å². The van der Waals surface area contributed by atoms with Gasteiger partial charge in [-0.25, -0.2) is 0 Å². The number of carbonyl (C=O) groups is 2. The van der Waals surface area contributed by atoms with Crippen molar-refractivity contribution in [2.75, 3.05) is 34.3 Å². The van der Waals surface area contributed by atoms with E-state index in [4.69, 9.17) is 4.74 Å².